The first kappa shape index (κ1) is 14.2. The molecule has 1 rings (SSSR count). The highest BCUT2D eigenvalue weighted by Gasteiger charge is 2.08. The summed E-state index contributed by atoms with van der Waals surface area (Å²) in [5.41, 5.74) is 6.45. The van der Waals surface area contributed by atoms with Gasteiger partial charge in [-0.25, -0.2) is 4.98 Å². The van der Waals surface area contributed by atoms with Crippen LogP contribution in [-0.2, 0) is 0 Å². The quantitative estimate of drug-likeness (QED) is 0.788. The maximum Gasteiger partial charge on any atom is 0.238 e. The van der Waals surface area contributed by atoms with Gasteiger partial charge in [-0.3, -0.25) is 0 Å². The maximum atomic E-state index is 5.84. The zero-order chi connectivity index (χ0) is 12.8. The van der Waals surface area contributed by atoms with E-state index >= 15 is 0 Å². The van der Waals surface area contributed by atoms with E-state index < -0.39 is 0 Å². The number of nitrogens with zero attached hydrogens (tertiary/aromatic N) is 1. The van der Waals surface area contributed by atoms with Crippen LogP contribution in [0.5, 0.6) is 5.88 Å². The summed E-state index contributed by atoms with van der Waals surface area (Å²) in [7, 11) is 0. The normalized spacial score (nSPS) is 12.8. The number of ether oxygens (including phenoxy) is 1. The number of aromatic nitrogens is 1. The van der Waals surface area contributed by atoms with E-state index in [1.807, 2.05) is 12.1 Å². The highest BCUT2D eigenvalue weighted by atomic mass is 32.2. The lowest BCUT2D eigenvalue weighted by molar-refractivity contribution is 0.261. The summed E-state index contributed by atoms with van der Waals surface area (Å²) in [5, 5.41) is 1.54. The molecular formula is C13H22N2OS. The van der Waals surface area contributed by atoms with Gasteiger partial charge in [-0.15, -0.1) is 11.8 Å². The molecule has 0 amide bonds. The fraction of sp³-hybridized carbons (Fsp3) is 0.615. The average Bonchev–Trinajstić information content (AvgIpc) is 2.29. The number of nitrogens with two attached hydrogens (primary N) is 1. The van der Waals surface area contributed by atoms with Gasteiger partial charge in [-0.05, 0) is 24.5 Å². The molecule has 96 valence electrons. The van der Waals surface area contributed by atoms with Gasteiger partial charge in [-0.2, -0.15) is 0 Å². The smallest absolute Gasteiger partial charge is 0.238 e. The largest absolute Gasteiger partial charge is 0.476 e. The Labute approximate surface area is 108 Å². The van der Waals surface area contributed by atoms with E-state index in [9.17, 15) is 0 Å². The summed E-state index contributed by atoms with van der Waals surface area (Å²) < 4.78 is 5.60. The van der Waals surface area contributed by atoms with Crippen LogP contribution in [0.1, 0.15) is 34.1 Å². The van der Waals surface area contributed by atoms with Crippen molar-refractivity contribution >= 4 is 17.4 Å². The highest BCUT2D eigenvalue weighted by molar-refractivity contribution is 7.99. The second kappa shape index (κ2) is 6.74. The Hall–Kier alpha value is -0.900. The highest BCUT2D eigenvalue weighted by Crippen LogP contribution is 2.28. The van der Waals surface area contributed by atoms with Crippen LogP contribution in [0.4, 0.5) is 5.69 Å². The Bertz CT molecular complexity index is 355. The molecule has 1 atom stereocenters. The topological polar surface area (TPSA) is 48.1 Å². The standard InChI is InChI=1S/C13H22N2OS/c1-5-10(4)17-12-7-6-11(14)13(15-12)16-8-9(2)3/h6-7,9-10H,5,8,14H2,1-4H3. The first-order chi connectivity index (χ1) is 8.02. The second-order valence-corrected chi connectivity index (χ2v) is 6.04. The van der Waals surface area contributed by atoms with E-state index in [0.29, 0.717) is 29.3 Å². The Morgan fingerprint density at radius 1 is 1.35 bits per heavy atom. The van der Waals surface area contributed by atoms with Gasteiger partial charge in [0.2, 0.25) is 5.88 Å². The molecule has 1 heterocycles. The third kappa shape index (κ3) is 4.86. The summed E-state index contributed by atoms with van der Waals surface area (Å²) in [6.07, 6.45) is 1.12. The third-order valence-corrected chi connectivity index (χ3v) is 3.52. The van der Waals surface area contributed by atoms with Gasteiger partial charge in [0.1, 0.15) is 5.03 Å². The van der Waals surface area contributed by atoms with Crippen molar-refractivity contribution in [1.82, 2.24) is 4.98 Å². The van der Waals surface area contributed by atoms with Gasteiger partial charge in [0.15, 0.2) is 0 Å². The zero-order valence-electron chi connectivity index (χ0n) is 11.1. The van der Waals surface area contributed by atoms with Gasteiger partial charge in [0.25, 0.3) is 0 Å². The van der Waals surface area contributed by atoms with E-state index in [2.05, 4.69) is 32.7 Å². The Morgan fingerprint density at radius 2 is 2.06 bits per heavy atom. The molecule has 0 fully saturated rings. The maximum absolute atomic E-state index is 5.84. The molecule has 0 radical (unpaired) electrons. The molecular weight excluding hydrogens is 232 g/mol. The van der Waals surface area contributed by atoms with E-state index in [4.69, 9.17) is 10.5 Å². The summed E-state index contributed by atoms with van der Waals surface area (Å²) >= 11 is 1.75. The molecule has 4 heteroatoms. The SMILES string of the molecule is CCC(C)Sc1ccc(N)c(OCC(C)C)n1. The lowest BCUT2D eigenvalue weighted by atomic mass is 10.2. The molecule has 17 heavy (non-hydrogen) atoms. The molecule has 0 aliphatic rings. The van der Waals surface area contributed by atoms with Crippen molar-refractivity contribution in [1.29, 1.82) is 0 Å². The monoisotopic (exact) mass is 254 g/mol. The van der Waals surface area contributed by atoms with E-state index in [1.54, 1.807) is 11.8 Å². The van der Waals surface area contributed by atoms with Crippen molar-refractivity contribution in [2.24, 2.45) is 5.92 Å². The predicted octanol–water partition coefficient (Wildman–Crippen LogP) is 3.59. The minimum Gasteiger partial charge on any atom is -0.476 e. The summed E-state index contributed by atoms with van der Waals surface area (Å²) in [6.45, 7) is 9.22. The van der Waals surface area contributed by atoms with Crippen molar-refractivity contribution in [3.05, 3.63) is 12.1 Å². The third-order valence-electron chi connectivity index (χ3n) is 2.31. The molecule has 1 unspecified atom stereocenters. The number of anilines is 1. The van der Waals surface area contributed by atoms with Gasteiger partial charge in [0.05, 0.1) is 12.3 Å². The molecule has 0 saturated heterocycles. The average molecular weight is 254 g/mol. The number of rotatable bonds is 6. The number of nitrogen functional groups attached to an aromatic ring is 1. The minimum atomic E-state index is 0.474. The molecule has 0 saturated carbocycles. The van der Waals surface area contributed by atoms with Crippen molar-refractivity contribution in [3.8, 4) is 5.88 Å². The predicted molar refractivity (Wildman–Crippen MR) is 74.6 cm³/mol. The van der Waals surface area contributed by atoms with Crippen LogP contribution in [-0.4, -0.2) is 16.8 Å². The summed E-state index contributed by atoms with van der Waals surface area (Å²) in [4.78, 5) is 4.45. The lowest BCUT2D eigenvalue weighted by Gasteiger charge is -2.12. The van der Waals surface area contributed by atoms with Gasteiger partial charge < -0.3 is 10.5 Å². The molecule has 1 aromatic rings. The Morgan fingerprint density at radius 3 is 2.65 bits per heavy atom. The van der Waals surface area contributed by atoms with Crippen LogP contribution in [0.15, 0.2) is 17.2 Å². The molecule has 3 nitrogen and oxygen atoms in total. The van der Waals surface area contributed by atoms with Gasteiger partial charge in [-0.1, -0.05) is 27.7 Å². The lowest BCUT2D eigenvalue weighted by Crippen LogP contribution is -2.08. The molecule has 2 N–H and O–H groups in total. The summed E-state index contributed by atoms with van der Waals surface area (Å²) in [6, 6.07) is 3.82. The first-order valence-electron chi connectivity index (χ1n) is 6.08. The molecule has 0 aliphatic carbocycles. The fourth-order valence-electron chi connectivity index (χ4n) is 1.15. The van der Waals surface area contributed by atoms with Crippen LogP contribution in [0.25, 0.3) is 0 Å². The number of pyridine rings is 1. The van der Waals surface area contributed by atoms with E-state index in [0.717, 1.165) is 11.4 Å². The molecule has 0 bridgehead atoms. The summed E-state index contributed by atoms with van der Waals surface area (Å²) in [5.74, 6) is 1.04. The Kier molecular flexibility index (Phi) is 5.62. The number of hydrogen-bond donors (Lipinski definition) is 1. The van der Waals surface area contributed by atoms with E-state index in [-0.39, 0.29) is 0 Å². The van der Waals surface area contributed by atoms with Crippen LogP contribution >= 0.6 is 11.8 Å². The number of thioether (sulfide) groups is 1. The van der Waals surface area contributed by atoms with Crippen LogP contribution in [0.2, 0.25) is 0 Å². The van der Waals surface area contributed by atoms with E-state index in [1.165, 1.54) is 0 Å². The second-order valence-electron chi connectivity index (χ2n) is 4.59. The molecule has 0 aromatic carbocycles. The van der Waals surface area contributed by atoms with Crippen LogP contribution in [0, 0.1) is 5.92 Å². The van der Waals surface area contributed by atoms with Crippen molar-refractivity contribution in [2.45, 2.75) is 44.4 Å². The minimum absolute atomic E-state index is 0.474. The first-order valence-corrected chi connectivity index (χ1v) is 6.96. The molecule has 0 aliphatic heterocycles. The van der Waals surface area contributed by atoms with Gasteiger partial charge in [0, 0.05) is 5.25 Å². The zero-order valence-corrected chi connectivity index (χ0v) is 11.9. The van der Waals surface area contributed by atoms with Gasteiger partial charge >= 0.3 is 0 Å². The molecule has 0 spiro atoms. The van der Waals surface area contributed by atoms with Crippen LogP contribution < -0.4 is 10.5 Å². The molecule has 1 aromatic heterocycles. The fourth-order valence-corrected chi connectivity index (χ4v) is 2.01. The van der Waals surface area contributed by atoms with Crippen molar-refractivity contribution in [2.75, 3.05) is 12.3 Å². The van der Waals surface area contributed by atoms with Crippen molar-refractivity contribution < 1.29 is 4.74 Å². The van der Waals surface area contributed by atoms with Crippen molar-refractivity contribution in [3.63, 3.8) is 0 Å². The Balaban J connectivity index is 2.72. The number of hydrogen-bond acceptors (Lipinski definition) is 4. The van der Waals surface area contributed by atoms with Crippen LogP contribution in [0.3, 0.4) is 0 Å².